The van der Waals surface area contributed by atoms with E-state index in [0.717, 1.165) is 55.5 Å². The van der Waals surface area contributed by atoms with Crippen molar-refractivity contribution >= 4 is 5.82 Å². The van der Waals surface area contributed by atoms with E-state index < -0.39 is 0 Å². The average molecular weight is 460 g/mol. The van der Waals surface area contributed by atoms with E-state index in [9.17, 15) is 0 Å². The van der Waals surface area contributed by atoms with Crippen molar-refractivity contribution in [2.75, 3.05) is 31.6 Å². The Morgan fingerprint density at radius 1 is 1.03 bits per heavy atom. The molecule has 2 aromatic carbocycles. The van der Waals surface area contributed by atoms with Crippen LogP contribution in [0.25, 0.3) is 0 Å². The van der Waals surface area contributed by atoms with Crippen molar-refractivity contribution in [3.8, 4) is 11.5 Å². The summed E-state index contributed by atoms with van der Waals surface area (Å²) < 4.78 is 11.7. The van der Waals surface area contributed by atoms with Gasteiger partial charge in [-0.1, -0.05) is 63.2 Å². The van der Waals surface area contributed by atoms with E-state index in [1.807, 2.05) is 36.5 Å². The van der Waals surface area contributed by atoms with E-state index in [-0.39, 0.29) is 0 Å². The molecule has 0 amide bonds. The Morgan fingerprint density at radius 2 is 1.85 bits per heavy atom. The number of hydrogen-bond acceptors (Lipinski definition) is 5. The van der Waals surface area contributed by atoms with Crippen molar-refractivity contribution in [1.82, 2.24) is 9.88 Å². The molecule has 0 aliphatic carbocycles. The molecule has 34 heavy (non-hydrogen) atoms. The normalized spacial score (nSPS) is 15.8. The van der Waals surface area contributed by atoms with Crippen LogP contribution in [0, 0.1) is 0 Å². The molecule has 5 nitrogen and oxygen atoms in total. The van der Waals surface area contributed by atoms with Gasteiger partial charge in [-0.25, -0.2) is 4.98 Å². The molecule has 3 aromatic rings. The molecule has 2 heterocycles. The summed E-state index contributed by atoms with van der Waals surface area (Å²) in [5.41, 5.74) is 3.72. The van der Waals surface area contributed by atoms with E-state index in [4.69, 9.17) is 14.5 Å². The first-order chi connectivity index (χ1) is 16.6. The van der Waals surface area contributed by atoms with Crippen LogP contribution in [0.15, 0.2) is 66.9 Å². The van der Waals surface area contributed by atoms with Crippen molar-refractivity contribution in [1.29, 1.82) is 0 Å². The van der Waals surface area contributed by atoms with Crippen molar-refractivity contribution in [3.05, 3.63) is 83.6 Å². The van der Waals surface area contributed by atoms with Crippen LogP contribution >= 0.6 is 0 Å². The minimum Gasteiger partial charge on any atom is -0.493 e. The molecule has 0 radical (unpaired) electrons. The maximum atomic E-state index is 6.15. The molecule has 1 aromatic heterocycles. The fourth-order valence-electron chi connectivity index (χ4n) is 4.76. The standard InChI is InChI=1S/C29H37N3O2/c1-5-31(25-15-17-32(20-25)29-26(22(2)3)12-9-16-30-29)19-24-13-14-27(33-4)28(18-24)34-21-23-10-7-6-8-11-23/h6-14,16,18,22,25H,5,15,17,19-21H2,1-4H3/t25-/m0/s1. The molecule has 0 spiro atoms. The van der Waals surface area contributed by atoms with Gasteiger partial charge < -0.3 is 14.4 Å². The molecule has 5 heteroatoms. The highest BCUT2D eigenvalue weighted by molar-refractivity contribution is 5.49. The van der Waals surface area contributed by atoms with Crippen LogP contribution in [-0.4, -0.2) is 42.7 Å². The molecule has 1 atom stereocenters. The highest BCUT2D eigenvalue weighted by Gasteiger charge is 2.29. The smallest absolute Gasteiger partial charge is 0.161 e. The van der Waals surface area contributed by atoms with Crippen molar-refractivity contribution < 1.29 is 9.47 Å². The van der Waals surface area contributed by atoms with E-state index in [2.05, 4.69) is 60.9 Å². The Bertz CT molecular complexity index is 1050. The van der Waals surface area contributed by atoms with E-state index in [1.54, 1.807) is 7.11 Å². The number of ether oxygens (including phenoxy) is 2. The van der Waals surface area contributed by atoms with Gasteiger partial charge in [0.1, 0.15) is 12.4 Å². The zero-order valence-corrected chi connectivity index (χ0v) is 20.9. The van der Waals surface area contributed by atoms with Crippen LogP contribution in [0.2, 0.25) is 0 Å². The van der Waals surface area contributed by atoms with E-state index in [0.29, 0.717) is 18.6 Å². The predicted octanol–water partition coefficient (Wildman–Crippen LogP) is 5.89. The average Bonchev–Trinajstić information content (AvgIpc) is 3.36. The van der Waals surface area contributed by atoms with Gasteiger partial charge in [-0.15, -0.1) is 0 Å². The molecule has 0 unspecified atom stereocenters. The molecule has 1 saturated heterocycles. The van der Waals surface area contributed by atoms with Crippen LogP contribution in [0.1, 0.15) is 49.8 Å². The maximum absolute atomic E-state index is 6.15. The van der Waals surface area contributed by atoms with Crippen molar-refractivity contribution in [2.24, 2.45) is 0 Å². The van der Waals surface area contributed by atoms with Crippen LogP contribution in [0.5, 0.6) is 11.5 Å². The Hall–Kier alpha value is -3.05. The van der Waals surface area contributed by atoms with Gasteiger partial charge in [-0.05, 0) is 53.8 Å². The first-order valence-corrected chi connectivity index (χ1v) is 12.4. The van der Waals surface area contributed by atoms with Gasteiger partial charge in [0.05, 0.1) is 7.11 Å². The number of likely N-dealkylation sites (N-methyl/N-ethyl adjacent to an activating group) is 1. The number of rotatable bonds is 10. The van der Waals surface area contributed by atoms with Crippen LogP contribution < -0.4 is 14.4 Å². The third-order valence-electron chi connectivity index (χ3n) is 6.68. The summed E-state index contributed by atoms with van der Waals surface area (Å²) in [4.78, 5) is 9.77. The highest BCUT2D eigenvalue weighted by atomic mass is 16.5. The van der Waals surface area contributed by atoms with Crippen molar-refractivity contribution in [2.45, 2.75) is 52.3 Å². The number of nitrogens with zero attached hydrogens (tertiary/aromatic N) is 3. The first-order valence-electron chi connectivity index (χ1n) is 12.4. The zero-order valence-electron chi connectivity index (χ0n) is 20.9. The largest absolute Gasteiger partial charge is 0.493 e. The lowest BCUT2D eigenvalue weighted by molar-refractivity contribution is 0.211. The molecule has 0 bridgehead atoms. The number of methoxy groups -OCH3 is 1. The first kappa shape index (κ1) is 24.1. The molecule has 180 valence electrons. The van der Waals surface area contributed by atoms with Gasteiger partial charge in [0.2, 0.25) is 0 Å². The number of aromatic nitrogens is 1. The second kappa shape index (κ2) is 11.4. The quantitative estimate of drug-likeness (QED) is 0.378. The molecular formula is C29H37N3O2. The molecule has 0 saturated carbocycles. The SMILES string of the molecule is CCN(Cc1ccc(OC)c(OCc2ccccc2)c1)[C@H]1CCN(c2ncccc2C(C)C)C1. The summed E-state index contributed by atoms with van der Waals surface area (Å²) in [6.07, 6.45) is 3.07. The van der Waals surface area contributed by atoms with Gasteiger partial charge in [-0.3, -0.25) is 4.90 Å². The van der Waals surface area contributed by atoms with E-state index in [1.165, 1.54) is 11.1 Å². The molecule has 1 fully saturated rings. The minimum atomic E-state index is 0.471. The third-order valence-corrected chi connectivity index (χ3v) is 6.68. The van der Waals surface area contributed by atoms with Gasteiger partial charge >= 0.3 is 0 Å². The fourth-order valence-corrected chi connectivity index (χ4v) is 4.76. The summed E-state index contributed by atoms with van der Waals surface area (Å²) in [6, 6.07) is 21.3. The summed E-state index contributed by atoms with van der Waals surface area (Å²) in [7, 11) is 1.69. The summed E-state index contributed by atoms with van der Waals surface area (Å²) in [5, 5.41) is 0. The Kier molecular flexibility index (Phi) is 8.07. The van der Waals surface area contributed by atoms with Gasteiger partial charge in [0.25, 0.3) is 0 Å². The summed E-state index contributed by atoms with van der Waals surface area (Å²) in [6.45, 7) is 11.2. The zero-order chi connectivity index (χ0) is 23.9. The summed E-state index contributed by atoms with van der Waals surface area (Å²) in [5.74, 6) is 3.19. The number of hydrogen-bond donors (Lipinski definition) is 0. The monoisotopic (exact) mass is 459 g/mol. The second-order valence-electron chi connectivity index (χ2n) is 9.28. The lowest BCUT2D eigenvalue weighted by atomic mass is 10.0. The van der Waals surface area contributed by atoms with Gasteiger partial charge in [0, 0.05) is 31.9 Å². The number of pyridine rings is 1. The minimum absolute atomic E-state index is 0.471. The van der Waals surface area contributed by atoms with Gasteiger partial charge in [0.15, 0.2) is 11.5 Å². The number of benzene rings is 2. The fraction of sp³-hybridized carbons (Fsp3) is 0.414. The number of anilines is 1. The third kappa shape index (κ3) is 5.71. The van der Waals surface area contributed by atoms with Crippen LogP contribution in [0.4, 0.5) is 5.82 Å². The maximum Gasteiger partial charge on any atom is 0.161 e. The molecule has 1 aliphatic rings. The molecule has 4 rings (SSSR count). The Labute approximate surface area is 204 Å². The molecular weight excluding hydrogens is 422 g/mol. The van der Waals surface area contributed by atoms with Crippen molar-refractivity contribution in [3.63, 3.8) is 0 Å². The highest BCUT2D eigenvalue weighted by Crippen LogP contribution is 2.32. The topological polar surface area (TPSA) is 37.8 Å². The lowest BCUT2D eigenvalue weighted by Gasteiger charge is -2.29. The second-order valence-corrected chi connectivity index (χ2v) is 9.28. The van der Waals surface area contributed by atoms with Crippen LogP contribution in [0.3, 0.4) is 0 Å². The lowest BCUT2D eigenvalue weighted by Crippen LogP contribution is -2.37. The van der Waals surface area contributed by atoms with Crippen LogP contribution in [-0.2, 0) is 13.2 Å². The Balaban J connectivity index is 1.44. The Morgan fingerprint density at radius 3 is 2.59 bits per heavy atom. The molecule has 1 aliphatic heterocycles. The summed E-state index contributed by atoms with van der Waals surface area (Å²) >= 11 is 0. The van der Waals surface area contributed by atoms with Gasteiger partial charge in [-0.2, -0.15) is 0 Å². The molecule has 0 N–H and O–H groups in total. The van der Waals surface area contributed by atoms with E-state index >= 15 is 0 Å². The predicted molar refractivity (Wildman–Crippen MR) is 139 cm³/mol.